The molecule has 1 saturated carbocycles. The number of carbonyl (C=O) groups is 1. The average molecular weight is 364 g/mol. The monoisotopic (exact) mass is 363 g/mol. The van der Waals surface area contributed by atoms with E-state index >= 15 is 0 Å². The Labute approximate surface area is 153 Å². The standard InChI is InChI=1S/C19H26ClN3O2/c1-12(2)11-25-15-6-4-14(5-7-15)21-19(24)16-8-9-23-13(3)10-17(20)22-18(16)23/h8-10,12,14-15H,4-7,11H2,1-3H3,(H,21,24). The minimum atomic E-state index is -0.0804. The molecule has 0 bridgehead atoms. The zero-order valence-electron chi connectivity index (χ0n) is 15.1. The van der Waals surface area contributed by atoms with E-state index in [2.05, 4.69) is 24.1 Å². The number of aryl methyl sites for hydroxylation is 1. The van der Waals surface area contributed by atoms with Gasteiger partial charge in [0.2, 0.25) is 0 Å². The number of hydrogen-bond donors (Lipinski definition) is 1. The number of amides is 1. The molecule has 2 heterocycles. The maximum atomic E-state index is 12.7. The summed E-state index contributed by atoms with van der Waals surface area (Å²) < 4.78 is 7.80. The SMILES string of the molecule is Cc1cc(Cl)nc2c(C(=O)NC3CCC(OCC(C)C)CC3)ccn12. The Hall–Kier alpha value is -1.59. The van der Waals surface area contributed by atoms with E-state index < -0.39 is 0 Å². The highest BCUT2D eigenvalue weighted by Gasteiger charge is 2.24. The van der Waals surface area contributed by atoms with Crippen molar-refractivity contribution < 1.29 is 9.53 Å². The fourth-order valence-electron chi connectivity index (χ4n) is 3.34. The molecule has 2 aromatic heterocycles. The highest BCUT2D eigenvalue weighted by molar-refractivity contribution is 6.29. The molecule has 0 spiro atoms. The number of fused-ring (bicyclic) bond motifs is 1. The van der Waals surface area contributed by atoms with Crippen LogP contribution < -0.4 is 5.32 Å². The first-order valence-electron chi connectivity index (χ1n) is 9.00. The molecule has 25 heavy (non-hydrogen) atoms. The molecule has 0 atom stereocenters. The van der Waals surface area contributed by atoms with Crippen molar-refractivity contribution in [2.75, 3.05) is 6.61 Å². The third-order valence-corrected chi connectivity index (χ3v) is 4.89. The molecule has 1 amide bonds. The van der Waals surface area contributed by atoms with Gasteiger partial charge in [-0.05, 0) is 50.7 Å². The van der Waals surface area contributed by atoms with Gasteiger partial charge in [-0.1, -0.05) is 25.4 Å². The second-order valence-electron chi connectivity index (χ2n) is 7.32. The van der Waals surface area contributed by atoms with Crippen molar-refractivity contribution >= 4 is 23.2 Å². The third kappa shape index (κ3) is 4.33. The van der Waals surface area contributed by atoms with Crippen LogP contribution >= 0.6 is 11.6 Å². The molecule has 0 saturated heterocycles. The van der Waals surface area contributed by atoms with Gasteiger partial charge in [-0.25, -0.2) is 4.98 Å². The first-order valence-corrected chi connectivity index (χ1v) is 9.38. The first-order chi connectivity index (χ1) is 11.9. The maximum Gasteiger partial charge on any atom is 0.255 e. The molecule has 1 aliphatic carbocycles. The van der Waals surface area contributed by atoms with E-state index in [9.17, 15) is 4.79 Å². The minimum absolute atomic E-state index is 0.0804. The molecule has 2 aromatic rings. The number of carbonyl (C=O) groups excluding carboxylic acids is 1. The van der Waals surface area contributed by atoms with E-state index in [1.165, 1.54) is 0 Å². The van der Waals surface area contributed by atoms with Crippen LogP contribution in [0.2, 0.25) is 5.15 Å². The molecule has 0 radical (unpaired) electrons. The van der Waals surface area contributed by atoms with Crippen LogP contribution in [0.25, 0.3) is 5.65 Å². The van der Waals surface area contributed by atoms with Crippen LogP contribution in [0.5, 0.6) is 0 Å². The summed E-state index contributed by atoms with van der Waals surface area (Å²) in [7, 11) is 0. The number of nitrogens with zero attached hydrogens (tertiary/aromatic N) is 2. The van der Waals surface area contributed by atoms with Crippen molar-refractivity contribution in [1.29, 1.82) is 0 Å². The van der Waals surface area contributed by atoms with Gasteiger partial charge in [-0.3, -0.25) is 4.79 Å². The number of aromatic nitrogens is 2. The fraction of sp³-hybridized carbons (Fsp3) is 0.579. The molecule has 3 rings (SSSR count). The molecule has 0 aromatic carbocycles. The maximum absolute atomic E-state index is 12.7. The van der Waals surface area contributed by atoms with Gasteiger partial charge in [-0.15, -0.1) is 0 Å². The Morgan fingerprint density at radius 1 is 1.40 bits per heavy atom. The molecule has 1 aliphatic rings. The lowest BCUT2D eigenvalue weighted by Crippen LogP contribution is -2.39. The largest absolute Gasteiger partial charge is 0.378 e. The van der Waals surface area contributed by atoms with E-state index in [0.717, 1.165) is 38.0 Å². The lowest BCUT2D eigenvalue weighted by molar-refractivity contribution is 0.00860. The predicted molar refractivity (Wildman–Crippen MR) is 99.2 cm³/mol. The summed E-state index contributed by atoms with van der Waals surface area (Å²) in [6.45, 7) is 7.08. The Morgan fingerprint density at radius 3 is 2.80 bits per heavy atom. The molecule has 6 heteroatoms. The summed E-state index contributed by atoms with van der Waals surface area (Å²) in [4.78, 5) is 17.0. The van der Waals surface area contributed by atoms with Crippen molar-refractivity contribution in [3.05, 3.63) is 34.7 Å². The van der Waals surface area contributed by atoms with Crippen molar-refractivity contribution in [1.82, 2.24) is 14.7 Å². The zero-order valence-corrected chi connectivity index (χ0v) is 15.8. The smallest absolute Gasteiger partial charge is 0.255 e. The summed E-state index contributed by atoms with van der Waals surface area (Å²) in [5, 5.41) is 3.55. The number of hydrogen-bond acceptors (Lipinski definition) is 3. The van der Waals surface area contributed by atoms with Crippen LogP contribution in [0.15, 0.2) is 18.3 Å². The molecule has 5 nitrogen and oxygen atoms in total. The summed E-state index contributed by atoms with van der Waals surface area (Å²) >= 11 is 6.05. The van der Waals surface area contributed by atoms with Gasteiger partial charge in [0.1, 0.15) is 5.15 Å². The lowest BCUT2D eigenvalue weighted by Gasteiger charge is -2.29. The Morgan fingerprint density at radius 2 is 2.12 bits per heavy atom. The van der Waals surface area contributed by atoms with Crippen molar-refractivity contribution in [2.45, 2.75) is 58.6 Å². The normalized spacial score (nSPS) is 21.0. The average Bonchev–Trinajstić information content (AvgIpc) is 2.98. The second-order valence-corrected chi connectivity index (χ2v) is 7.70. The molecule has 136 valence electrons. The van der Waals surface area contributed by atoms with Gasteiger partial charge in [0.15, 0.2) is 5.65 Å². The molecule has 0 unspecified atom stereocenters. The lowest BCUT2D eigenvalue weighted by atomic mass is 9.92. The highest BCUT2D eigenvalue weighted by atomic mass is 35.5. The topological polar surface area (TPSA) is 55.6 Å². The number of rotatable bonds is 5. The van der Waals surface area contributed by atoms with Crippen molar-refractivity contribution in [3.8, 4) is 0 Å². The van der Waals surface area contributed by atoms with Gasteiger partial charge in [0.25, 0.3) is 5.91 Å². The molecule has 1 N–H and O–H groups in total. The Balaban J connectivity index is 1.60. The molecule has 0 aliphatic heterocycles. The van der Waals surface area contributed by atoms with E-state index in [1.807, 2.05) is 17.5 Å². The van der Waals surface area contributed by atoms with Crippen molar-refractivity contribution in [2.24, 2.45) is 5.92 Å². The van der Waals surface area contributed by atoms with Crippen LogP contribution in [0.4, 0.5) is 0 Å². The van der Waals surface area contributed by atoms with Gasteiger partial charge >= 0.3 is 0 Å². The van der Waals surface area contributed by atoms with Gasteiger partial charge in [0, 0.05) is 24.5 Å². The van der Waals surface area contributed by atoms with Crippen LogP contribution in [0, 0.1) is 12.8 Å². The Bertz CT molecular complexity index is 748. The van der Waals surface area contributed by atoms with Crippen LogP contribution in [-0.2, 0) is 4.74 Å². The summed E-state index contributed by atoms with van der Waals surface area (Å²) in [6.07, 6.45) is 6.09. The zero-order chi connectivity index (χ0) is 18.0. The van der Waals surface area contributed by atoms with E-state index in [0.29, 0.717) is 28.4 Å². The molecular weight excluding hydrogens is 338 g/mol. The van der Waals surface area contributed by atoms with Gasteiger partial charge in [-0.2, -0.15) is 0 Å². The van der Waals surface area contributed by atoms with Crippen molar-refractivity contribution in [3.63, 3.8) is 0 Å². The quantitative estimate of drug-likeness (QED) is 0.816. The number of ether oxygens (including phenoxy) is 1. The van der Waals surface area contributed by atoms with Gasteiger partial charge in [0.05, 0.1) is 11.7 Å². The van der Waals surface area contributed by atoms with Crippen LogP contribution in [0.3, 0.4) is 0 Å². The molecular formula is C19H26ClN3O2. The first kappa shape index (κ1) is 18.2. The summed E-state index contributed by atoms with van der Waals surface area (Å²) in [6, 6.07) is 3.79. The molecule has 1 fully saturated rings. The van der Waals surface area contributed by atoms with Crippen LogP contribution in [0.1, 0.15) is 55.6 Å². The summed E-state index contributed by atoms with van der Waals surface area (Å²) in [5.41, 5.74) is 2.14. The van der Waals surface area contributed by atoms with E-state index in [-0.39, 0.29) is 11.9 Å². The summed E-state index contributed by atoms with van der Waals surface area (Å²) in [5.74, 6) is 0.478. The number of nitrogens with one attached hydrogen (secondary N) is 1. The minimum Gasteiger partial charge on any atom is -0.378 e. The Kier molecular flexibility index (Phi) is 5.64. The van der Waals surface area contributed by atoms with E-state index in [1.54, 1.807) is 12.1 Å². The number of halogens is 1. The van der Waals surface area contributed by atoms with Gasteiger partial charge < -0.3 is 14.5 Å². The third-order valence-electron chi connectivity index (χ3n) is 4.70. The second kappa shape index (κ2) is 7.75. The highest BCUT2D eigenvalue weighted by Crippen LogP contribution is 2.23. The predicted octanol–water partition coefficient (Wildman–Crippen LogP) is 4.01. The van der Waals surface area contributed by atoms with Crippen LogP contribution in [-0.4, -0.2) is 34.0 Å². The van der Waals surface area contributed by atoms with E-state index in [4.69, 9.17) is 16.3 Å². The fourth-order valence-corrected chi connectivity index (χ4v) is 3.58.